The number of carbonyl (C=O) groups excluding carboxylic acids is 1. The Hall–Kier alpha value is -3.32. The molecule has 1 aromatic carbocycles. The van der Waals surface area contributed by atoms with Gasteiger partial charge in [0.1, 0.15) is 23.7 Å². The van der Waals surface area contributed by atoms with Gasteiger partial charge >= 0.3 is 0 Å². The van der Waals surface area contributed by atoms with Gasteiger partial charge in [0, 0.05) is 38.4 Å². The molecular formula is C22H24N6O. The fourth-order valence-electron chi connectivity index (χ4n) is 3.35. The van der Waals surface area contributed by atoms with E-state index < -0.39 is 0 Å². The van der Waals surface area contributed by atoms with E-state index in [0.29, 0.717) is 18.1 Å². The van der Waals surface area contributed by atoms with Gasteiger partial charge in [-0.1, -0.05) is 36.4 Å². The lowest BCUT2D eigenvalue weighted by atomic mass is 10.2. The summed E-state index contributed by atoms with van der Waals surface area (Å²) in [5.74, 6) is 1.20. The maximum absolute atomic E-state index is 13.4. The Morgan fingerprint density at radius 3 is 2.45 bits per heavy atom. The SMILES string of the molecule is CN1CCN(c2cc(C(=O)N(Cc3ccccc3)c3ccccn3)ncn2)CC1. The van der Waals surface area contributed by atoms with Crippen LogP contribution in [0.5, 0.6) is 0 Å². The van der Waals surface area contributed by atoms with Crippen molar-refractivity contribution in [1.29, 1.82) is 0 Å². The number of hydrogen-bond donors (Lipinski definition) is 0. The van der Waals surface area contributed by atoms with Crippen molar-refractivity contribution in [2.45, 2.75) is 6.54 Å². The van der Waals surface area contributed by atoms with Crippen molar-refractivity contribution < 1.29 is 4.79 Å². The Morgan fingerprint density at radius 2 is 1.72 bits per heavy atom. The van der Waals surface area contributed by atoms with Gasteiger partial charge in [-0.25, -0.2) is 15.0 Å². The largest absolute Gasteiger partial charge is 0.354 e. The Morgan fingerprint density at radius 1 is 0.966 bits per heavy atom. The van der Waals surface area contributed by atoms with Crippen LogP contribution in [0.15, 0.2) is 67.1 Å². The second-order valence-electron chi connectivity index (χ2n) is 7.12. The highest BCUT2D eigenvalue weighted by atomic mass is 16.2. The van der Waals surface area contributed by atoms with Gasteiger partial charge in [-0.3, -0.25) is 9.69 Å². The molecule has 0 N–H and O–H groups in total. The van der Waals surface area contributed by atoms with E-state index in [1.54, 1.807) is 17.2 Å². The van der Waals surface area contributed by atoms with Crippen LogP contribution >= 0.6 is 0 Å². The van der Waals surface area contributed by atoms with E-state index in [2.05, 4.69) is 31.8 Å². The molecule has 7 nitrogen and oxygen atoms in total. The van der Waals surface area contributed by atoms with Gasteiger partial charge in [-0.15, -0.1) is 0 Å². The predicted molar refractivity (Wildman–Crippen MR) is 113 cm³/mol. The molecule has 3 heterocycles. The van der Waals surface area contributed by atoms with Gasteiger partial charge in [-0.05, 0) is 24.7 Å². The number of hydrogen-bond acceptors (Lipinski definition) is 6. The molecular weight excluding hydrogens is 364 g/mol. The zero-order valence-electron chi connectivity index (χ0n) is 16.5. The third-order valence-corrected chi connectivity index (χ3v) is 5.05. The lowest BCUT2D eigenvalue weighted by Crippen LogP contribution is -2.45. The maximum atomic E-state index is 13.4. The highest BCUT2D eigenvalue weighted by molar-refractivity contribution is 6.04. The number of anilines is 2. The molecule has 1 aliphatic heterocycles. The Balaban J connectivity index is 1.61. The maximum Gasteiger partial charge on any atom is 0.278 e. The summed E-state index contributed by atoms with van der Waals surface area (Å²) in [6.45, 7) is 4.14. The summed E-state index contributed by atoms with van der Waals surface area (Å²) in [6.07, 6.45) is 3.16. The smallest absolute Gasteiger partial charge is 0.278 e. The highest BCUT2D eigenvalue weighted by Gasteiger charge is 2.23. The zero-order valence-corrected chi connectivity index (χ0v) is 16.5. The minimum absolute atomic E-state index is 0.190. The van der Waals surface area contributed by atoms with Crippen LogP contribution < -0.4 is 9.80 Å². The molecule has 0 radical (unpaired) electrons. The summed E-state index contributed by atoms with van der Waals surface area (Å²) >= 11 is 0. The highest BCUT2D eigenvalue weighted by Crippen LogP contribution is 2.19. The Bertz CT molecular complexity index is 942. The molecule has 0 spiro atoms. The molecule has 29 heavy (non-hydrogen) atoms. The zero-order chi connectivity index (χ0) is 20.1. The van der Waals surface area contributed by atoms with Gasteiger partial charge < -0.3 is 9.80 Å². The number of benzene rings is 1. The summed E-state index contributed by atoms with van der Waals surface area (Å²) in [5.41, 5.74) is 1.40. The molecule has 1 saturated heterocycles. The number of rotatable bonds is 5. The molecule has 1 amide bonds. The van der Waals surface area contributed by atoms with E-state index in [0.717, 1.165) is 37.6 Å². The molecule has 0 saturated carbocycles. The number of nitrogens with zero attached hydrogens (tertiary/aromatic N) is 6. The van der Waals surface area contributed by atoms with Gasteiger partial charge in [0.05, 0.1) is 6.54 Å². The standard InChI is InChI=1S/C22H24N6O/c1-26-11-13-27(14-12-26)21-15-19(24-17-25-21)22(29)28(20-9-5-6-10-23-20)16-18-7-3-2-4-8-18/h2-10,15,17H,11-14,16H2,1H3. The van der Waals surface area contributed by atoms with Crippen molar-refractivity contribution in [3.8, 4) is 0 Å². The van der Waals surface area contributed by atoms with Crippen LogP contribution in [0.3, 0.4) is 0 Å². The second-order valence-corrected chi connectivity index (χ2v) is 7.12. The van der Waals surface area contributed by atoms with E-state index in [-0.39, 0.29) is 5.91 Å². The van der Waals surface area contributed by atoms with Crippen molar-refractivity contribution >= 4 is 17.5 Å². The molecule has 4 rings (SSSR count). The number of amides is 1. The normalized spacial score (nSPS) is 14.6. The predicted octanol–water partition coefficient (Wildman–Crippen LogP) is 2.47. The first-order valence-electron chi connectivity index (χ1n) is 9.73. The summed E-state index contributed by atoms with van der Waals surface area (Å²) in [4.78, 5) is 32.6. The molecule has 0 aliphatic carbocycles. The first-order valence-corrected chi connectivity index (χ1v) is 9.73. The van der Waals surface area contributed by atoms with Gasteiger partial charge in [0.25, 0.3) is 5.91 Å². The summed E-state index contributed by atoms with van der Waals surface area (Å²) in [6, 6.07) is 17.2. The molecule has 0 atom stereocenters. The van der Waals surface area contributed by atoms with E-state index in [9.17, 15) is 4.79 Å². The summed E-state index contributed by atoms with van der Waals surface area (Å²) in [7, 11) is 2.11. The van der Waals surface area contributed by atoms with Gasteiger partial charge in [0.15, 0.2) is 0 Å². The molecule has 3 aromatic rings. The van der Waals surface area contributed by atoms with Crippen molar-refractivity contribution in [2.75, 3.05) is 43.0 Å². The van der Waals surface area contributed by atoms with Crippen molar-refractivity contribution in [3.05, 3.63) is 78.4 Å². The lowest BCUT2D eigenvalue weighted by molar-refractivity contribution is 0.0979. The van der Waals surface area contributed by atoms with Crippen LogP contribution in [-0.4, -0.2) is 59.0 Å². The van der Waals surface area contributed by atoms with Crippen molar-refractivity contribution in [1.82, 2.24) is 19.9 Å². The fraction of sp³-hybridized carbons (Fsp3) is 0.273. The Labute approximate surface area is 170 Å². The van der Waals surface area contributed by atoms with Gasteiger partial charge in [0.2, 0.25) is 0 Å². The quantitative estimate of drug-likeness (QED) is 0.669. The van der Waals surface area contributed by atoms with Crippen LogP contribution in [0.1, 0.15) is 16.1 Å². The number of likely N-dealkylation sites (N-methyl/N-ethyl adjacent to an activating group) is 1. The lowest BCUT2D eigenvalue weighted by Gasteiger charge is -2.33. The van der Waals surface area contributed by atoms with Crippen LogP contribution in [0.2, 0.25) is 0 Å². The topological polar surface area (TPSA) is 65.5 Å². The summed E-state index contributed by atoms with van der Waals surface area (Å²) in [5, 5.41) is 0. The summed E-state index contributed by atoms with van der Waals surface area (Å²) < 4.78 is 0. The number of aromatic nitrogens is 3. The molecule has 7 heteroatoms. The van der Waals surface area contributed by atoms with E-state index in [4.69, 9.17) is 0 Å². The molecule has 148 valence electrons. The van der Waals surface area contributed by atoms with Crippen LogP contribution in [0, 0.1) is 0 Å². The van der Waals surface area contributed by atoms with E-state index >= 15 is 0 Å². The molecule has 1 aliphatic rings. The minimum atomic E-state index is -0.190. The molecule has 2 aromatic heterocycles. The van der Waals surface area contributed by atoms with E-state index in [1.165, 1.54) is 6.33 Å². The van der Waals surface area contributed by atoms with Crippen LogP contribution in [0.4, 0.5) is 11.6 Å². The Kier molecular flexibility index (Phi) is 5.76. The monoisotopic (exact) mass is 388 g/mol. The van der Waals surface area contributed by atoms with Crippen molar-refractivity contribution in [2.24, 2.45) is 0 Å². The van der Waals surface area contributed by atoms with Crippen LogP contribution in [0.25, 0.3) is 0 Å². The minimum Gasteiger partial charge on any atom is -0.354 e. The number of carbonyl (C=O) groups is 1. The average molecular weight is 388 g/mol. The third-order valence-electron chi connectivity index (χ3n) is 5.05. The van der Waals surface area contributed by atoms with Gasteiger partial charge in [-0.2, -0.15) is 0 Å². The average Bonchev–Trinajstić information content (AvgIpc) is 2.79. The fourth-order valence-corrected chi connectivity index (χ4v) is 3.35. The molecule has 0 bridgehead atoms. The van der Waals surface area contributed by atoms with Crippen LogP contribution in [-0.2, 0) is 6.54 Å². The molecule has 1 fully saturated rings. The number of piperazine rings is 1. The first-order chi connectivity index (χ1) is 14.2. The number of pyridine rings is 1. The third kappa shape index (κ3) is 4.57. The second kappa shape index (κ2) is 8.79. The first kappa shape index (κ1) is 19.0. The van der Waals surface area contributed by atoms with Crippen molar-refractivity contribution in [3.63, 3.8) is 0 Å². The van der Waals surface area contributed by atoms with E-state index in [1.807, 2.05) is 48.5 Å². The molecule has 0 unspecified atom stereocenters.